The molecule has 0 amide bonds. The summed E-state index contributed by atoms with van der Waals surface area (Å²) in [4.78, 5) is 4.32. The highest BCUT2D eigenvalue weighted by Gasteiger charge is 2.16. The maximum Gasteiger partial charge on any atom is 0.242 e. The lowest BCUT2D eigenvalue weighted by Crippen LogP contribution is -2.24. The predicted molar refractivity (Wildman–Crippen MR) is 86.6 cm³/mol. The number of nitrogens with one attached hydrogen (secondary N) is 2. The van der Waals surface area contributed by atoms with Crippen molar-refractivity contribution in [3.63, 3.8) is 0 Å². The van der Waals surface area contributed by atoms with Gasteiger partial charge in [-0.3, -0.25) is 4.98 Å². The van der Waals surface area contributed by atoms with Gasteiger partial charge in [-0.25, -0.2) is 13.1 Å². The Morgan fingerprint density at radius 2 is 2.00 bits per heavy atom. The van der Waals surface area contributed by atoms with Gasteiger partial charge in [0, 0.05) is 30.0 Å². The minimum atomic E-state index is -3.49. The van der Waals surface area contributed by atoms with Crippen molar-refractivity contribution in [2.45, 2.75) is 18.4 Å². The third kappa shape index (κ3) is 4.26. The monoisotopic (exact) mass is 369 g/mol. The average molecular weight is 370 g/mol. The van der Waals surface area contributed by atoms with Crippen LogP contribution in [0.2, 0.25) is 0 Å². The minimum absolute atomic E-state index is 0.245. The number of rotatable bonds is 6. The maximum absolute atomic E-state index is 12.1. The number of para-hydroxylation sites is 1. The first kappa shape index (κ1) is 15.9. The molecule has 0 spiro atoms. The lowest BCUT2D eigenvalue weighted by Gasteiger charge is -2.12. The minimum Gasteiger partial charge on any atom is -0.380 e. The molecule has 1 aromatic heterocycles. The number of nitrogens with zero attached hydrogens (tertiary/aromatic N) is 1. The van der Waals surface area contributed by atoms with Crippen LogP contribution in [-0.4, -0.2) is 19.9 Å². The van der Waals surface area contributed by atoms with E-state index in [-0.39, 0.29) is 4.90 Å². The molecule has 0 saturated carbocycles. The molecule has 0 bridgehead atoms. The Morgan fingerprint density at radius 3 is 2.71 bits per heavy atom. The van der Waals surface area contributed by atoms with Crippen molar-refractivity contribution in [2.75, 3.05) is 11.9 Å². The highest BCUT2D eigenvalue weighted by Crippen LogP contribution is 2.21. The van der Waals surface area contributed by atoms with Gasteiger partial charge in [0.15, 0.2) is 0 Å². The van der Waals surface area contributed by atoms with Gasteiger partial charge in [0.25, 0.3) is 0 Å². The van der Waals surface area contributed by atoms with Crippen molar-refractivity contribution in [2.24, 2.45) is 0 Å². The molecule has 0 fully saturated rings. The topological polar surface area (TPSA) is 71.1 Å². The molecule has 21 heavy (non-hydrogen) atoms. The second kappa shape index (κ2) is 7.02. The molecule has 1 heterocycles. The fraction of sp³-hybridized carbons (Fsp3) is 0.214. The second-order valence-electron chi connectivity index (χ2n) is 4.36. The van der Waals surface area contributed by atoms with Gasteiger partial charge in [-0.15, -0.1) is 0 Å². The Hall–Kier alpha value is -1.44. The number of pyridine rings is 1. The summed E-state index contributed by atoms with van der Waals surface area (Å²) >= 11 is 3.36. The van der Waals surface area contributed by atoms with Gasteiger partial charge in [-0.2, -0.15) is 0 Å². The van der Waals surface area contributed by atoms with Crippen LogP contribution in [0.5, 0.6) is 0 Å². The van der Waals surface area contributed by atoms with Crippen LogP contribution in [0.25, 0.3) is 0 Å². The average Bonchev–Trinajstić information content (AvgIpc) is 2.45. The summed E-state index contributed by atoms with van der Waals surface area (Å²) in [6.45, 7) is 2.60. The van der Waals surface area contributed by atoms with E-state index in [0.29, 0.717) is 18.8 Å². The molecule has 2 rings (SSSR count). The summed E-state index contributed by atoms with van der Waals surface area (Å²) in [5, 5.41) is 3.14. The molecule has 2 N–H and O–H groups in total. The Kier molecular flexibility index (Phi) is 5.33. The smallest absolute Gasteiger partial charge is 0.242 e. The summed E-state index contributed by atoms with van der Waals surface area (Å²) in [7, 11) is -3.49. The number of aromatic nitrogens is 1. The largest absolute Gasteiger partial charge is 0.380 e. The van der Waals surface area contributed by atoms with Crippen molar-refractivity contribution in [1.82, 2.24) is 9.71 Å². The molecule has 5 nitrogen and oxygen atoms in total. The zero-order valence-electron chi connectivity index (χ0n) is 11.5. The molecular formula is C14H16BrN3O2S. The molecule has 0 atom stereocenters. The highest BCUT2D eigenvalue weighted by atomic mass is 79.9. The van der Waals surface area contributed by atoms with E-state index in [1.54, 1.807) is 43.6 Å². The Morgan fingerprint density at radius 1 is 1.24 bits per heavy atom. The van der Waals surface area contributed by atoms with E-state index in [0.717, 1.165) is 10.0 Å². The molecule has 0 aliphatic carbocycles. The van der Waals surface area contributed by atoms with Crippen LogP contribution < -0.4 is 10.0 Å². The molecule has 0 saturated heterocycles. The zero-order valence-corrected chi connectivity index (χ0v) is 13.9. The fourth-order valence-electron chi connectivity index (χ4n) is 1.86. The third-order valence-corrected chi connectivity index (χ3v) is 4.79. The van der Waals surface area contributed by atoms with Gasteiger partial charge in [-0.1, -0.05) is 19.1 Å². The van der Waals surface area contributed by atoms with Crippen molar-refractivity contribution in [3.05, 3.63) is 52.8 Å². The van der Waals surface area contributed by atoms with E-state index >= 15 is 0 Å². The second-order valence-corrected chi connectivity index (χ2v) is 7.01. The Labute approximate surface area is 133 Å². The van der Waals surface area contributed by atoms with E-state index < -0.39 is 10.0 Å². The lowest BCUT2D eigenvalue weighted by atomic mass is 10.2. The quantitative estimate of drug-likeness (QED) is 0.820. The van der Waals surface area contributed by atoms with E-state index in [9.17, 15) is 8.42 Å². The number of sulfonamides is 1. The molecule has 112 valence electrons. The first-order chi connectivity index (χ1) is 10.0. The third-order valence-electron chi connectivity index (χ3n) is 2.76. The van der Waals surface area contributed by atoms with E-state index in [1.807, 2.05) is 6.07 Å². The molecule has 0 aliphatic heterocycles. The van der Waals surface area contributed by atoms with Crippen molar-refractivity contribution in [3.8, 4) is 0 Å². The van der Waals surface area contributed by atoms with E-state index in [1.165, 1.54) is 0 Å². The number of anilines is 1. The van der Waals surface area contributed by atoms with Crippen LogP contribution in [0.4, 0.5) is 5.69 Å². The predicted octanol–water partition coefficient (Wildman–Crippen LogP) is 2.75. The highest BCUT2D eigenvalue weighted by molar-refractivity contribution is 9.10. The van der Waals surface area contributed by atoms with Crippen LogP contribution in [0.3, 0.4) is 0 Å². The number of hydrogen-bond donors (Lipinski definition) is 2. The van der Waals surface area contributed by atoms with Gasteiger partial charge in [-0.05, 0) is 39.7 Å². The standard InChI is InChI=1S/C14H16BrN3O2S/c1-2-18-21(19,20)14-6-4-3-5-13(14)17-9-11-7-12(15)10-16-8-11/h3-8,10,17-18H,2,9H2,1H3. The molecule has 0 aliphatic rings. The Balaban J connectivity index is 2.21. The van der Waals surface area contributed by atoms with Crippen LogP contribution in [0.1, 0.15) is 12.5 Å². The van der Waals surface area contributed by atoms with Crippen LogP contribution >= 0.6 is 15.9 Å². The van der Waals surface area contributed by atoms with E-state index in [2.05, 4.69) is 31.0 Å². The normalized spacial score (nSPS) is 11.3. The van der Waals surface area contributed by atoms with Crippen LogP contribution in [0, 0.1) is 0 Å². The Bertz CT molecular complexity index is 720. The summed E-state index contributed by atoms with van der Waals surface area (Å²) < 4.78 is 27.7. The maximum atomic E-state index is 12.1. The van der Waals surface area contributed by atoms with Gasteiger partial charge in [0.1, 0.15) is 4.90 Å². The SMILES string of the molecule is CCNS(=O)(=O)c1ccccc1NCc1cncc(Br)c1. The molecule has 1 aromatic carbocycles. The summed E-state index contributed by atoms with van der Waals surface area (Å²) in [6, 6.07) is 8.76. The summed E-state index contributed by atoms with van der Waals surface area (Å²) in [5.74, 6) is 0. The fourth-order valence-corrected chi connectivity index (χ4v) is 3.50. The van der Waals surface area contributed by atoms with Crippen LogP contribution in [0.15, 0.2) is 52.1 Å². The number of halogens is 1. The molecule has 0 unspecified atom stereocenters. The van der Waals surface area contributed by atoms with Gasteiger partial charge in [0.05, 0.1) is 5.69 Å². The molecule has 0 radical (unpaired) electrons. The van der Waals surface area contributed by atoms with Crippen molar-refractivity contribution in [1.29, 1.82) is 0 Å². The van der Waals surface area contributed by atoms with Crippen molar-refractivity contribution < 1.29 is 8.42 Å². The zero-order chi connectivity index (χ0) is 15.3. The van der Waals surface area contributed by atoms with Gasteiger partial charge >= 0.3 is 0 Å². The van der Waals surface area contributed by atoms with Crippen molar-refractivity contribution >= 4 is 31.6 Å². The van der Waals surface area contributed by atoms with Gasteiger partial charge in [0.2, 0.25) is 10.0 Å². The molecule has 2 aromatic rings. The van der Waals surface area contributed by atoms with Gasteiger partial charge < -0.3 is 5.32 Å². The summed E-state index contributed by atoms with van der Waals surface area (Å²) in [6.07, 6.45) is 3.44. The van der Waals surface area contributed by atoms with Crippen LogP contribution in [-0.2, 0) is 16.6 Å². The molecular weight excluding hydrogens is 354 g/mol. The van der Waals surface area contributed by atoms with E-state index in [4.69, 9.17) is 0 Å². The number of benzene rings is 1. The number of hydrogen-bond acceptors (Lipinski definition) is 4. The molecule has 7 heteroatoms. The first-order valence-corrected chi connectivity index (χ1v) is 8.72. The summed E-state index contributed by atoms with van der Waals surface area (Å²) in [5.41, 5.74) is 1.53. The lowest BCUT2D eigenvalue weighted by molar-refractivity contribution is 0.584. The first-order valence-electron chi connectivity index (χ1n) is 6.45.